The summed E-state index contributed by atoms with van der Waals surface area (Å²) in [5, 5.41) is 0. The first-order chi connectivity index (χ1) is 10.6. The van der Waals surface area contributed by atoms with Crippen molar-refractivity contribution in [2.45, 2.75) is 31.1 Å². The van der Waals surface area contributed by atoms with Crippen LogP contribution in [-0.4, -0.2) is 31.7 Å². The molecular weight excluding hydrogens is 286 g/mol. The lowest BCUT2D eigenvalue weighted by Gasteiger charge is -2.28. The highest BCUT2D eigenvalue weighted by atomic mass is 16.6. The number of amides is 1. The van der Waals surface area contributed by atoms with Crippen LogP contribution in [0.25, 0.3) is 0 Å². The Morgan fingerprint density at radius 2 is 1.82 bits per heavy atom. The number of ether oxygens (including phenoxy) is 3. The maximum atomic E-state index is 12.5. The van der Waals surface area contributed by atoms with E-state index < -0.39 is 11.3 Å². The Balaban J connectivity index is 1.90. The second-order valence-corrected chi connectivity index (χ2v) is 5.69. The number of rotatable bonds is 4. The van der Waals surface area contributed by atoms with Crippen molar-refractivity contribution in [2.24, 2.45) is 5.73 Å². The summed E-state index contributed by atoms with van der Waals surface area (Å²) in [6.45, 7) is 0.638. The molecule has 1 aliphatic carbocycles. The van der Waals surface area contributed by atoms with Crippen molar-refractivity contribution in [2.75, 3.05) is 19.8 Å². The van der Waals surface area contributed by atoms with Crippen LogP contribution in [0.5, 0.6) is 11.5 Å². The van der Waals surface area contributed by atoms with E-state index in [9.17, 15) is 9.59 Å². The van der Waals surface area contributed by atoms with Gasteiger partial charge in [-0.25, -0.2) is 0 Å². The Morgan fingerprint density at radius 3 is 2.50 bits per heavy atom. The molecule has 3 rings (SSSR count). The third-order valence-corrected chi connectivity index (χ3v) is 4.29. The highest BCUT2D eigenvalue weighted by Gasteiger charge is 2.44. The molecule has 0 bridgehead atoms. The Labute approximate surface area is 128 Å². The Bertz CT molecular complexity index is 592. The number of nitrogens with two attached hydrogens (primary N) is 1. The van der Waals surface area contributed by atoms with E-state index in [1.807, 2.05) is 18.2 Å². The molecule has 1 aromatic carbocycles. The van der Waals surface area contributed by atoms with Crippen molar-refractivity contribution in [3.63, 3.8) is 0 Å². The van der Waals surface area contributed by atoms with E-state index in [1.54, 1.807) is 0 Å². The fourth-order valence-corrected chi connectivity index (χ4v) is 3.21. The van der Waals surface area contributed by atoms with E-state index in [0.29, 0.717) is 37.6 Å². The second kappa shape index (κ2) is 5.87. The number of hydrogen-bond donors (Lipinski definition) is 1. The molecule has 2 aliphatic rings. The van der Waals surface area contributed by atoms with Crippen LogP contribution >= 0.6 is 0 Å². The predicted octanol–water partition coefficient (Wildman–Crippen LogP) is 1.30. The lowest BCUT2D eigenvalue weighted by molar-refractivity contribution is -0.153. The molecule has 2 N–H and O–H groups in total. The zero-order valence-corrected chi connectivity index (χ0v) is 12.3. The number of hydrogen-bond acceptors (Lipinski definition) is 5. The Morgan fingerprint density at radius 1 is 1.14 bits per heavy atom. The molecule has 1 aromatic rings. The first-order valence-electron chi connectivity index (χ1n) is 7.47. The molecule has 6 nitrogen and oxygen atoms in total. The SMILES string of the molecule is NC(=O)COC(=O)C1(c2ccc3c(c2)OCCO3)CCCC1. The topological polar surface area (TPSA) is 87.9 Å². The van der Waals surface area contributed by atoms with E-state index in [1.165, 1.54) is 0 Å². The summed E-state index contributed by atoms with van der Waals surface area (Å²) in [5.74, 6) is 0.301. The van der Waals surface area contributed by atoms with Gasteiger partial charge in [-0.1, -0.05) is 18.9 Å². The summed E-state index contributed by atoms with van der Waals surface area (Å²) in [7, 11) is 0. The van der Waals surface area contributed by atoms with E-state index in [4.69, 9.17) is 19.9 Å². The van der Waals surface area contributed by atoms with Gasteiger partial charge in [0.1, 0.15) is 13.2 Å². The fraction of sp³-hybridized carbons (Fsp3) is 0.500. The van der Waals surface area contributed by atoms with Crippen molar-refractivity contribution in [3.8, 4) is 11.5 Å². The molecule has 0 unspecified atom stereocenters. The molecule has 118 valence electrons. The summed E-state index contributed by atoms with van der Waals surface area (Å²) < 4.78 is 16.2. The van der Waals surface area contributed by atoms with Crippen LogP contribution in [0.15, 0.2) is 18.2 Å². The molecular formula is C16H19NO5. The minimum atomic E-state index is -0.717. The number of benzene rings is 1. The highest BCUT2D eigenvalue weighted by Crippen LogP contribution is 2.45. The van der Waals surface area contributed by atoms with Gasteiger partial charge in [-0.3, -0.25) is 9.59 Å². The van der Waals surface area contributed by atoms with Gasteiger partial charge >= 0.3 is 5.97 Å². The van der Waals surface area contributed by atoms with Crippen molar-refractivity contribution >= 4 is 11.9 Å². The zero-order chi connectivity index (χ0) is 15.6. The molecule has 22 heavy (non-hydrogen) atoms. The Hall–Kier alpha value is -2.24. The maximum absolute atomic E-state index is 12.5. The molecule has 0 aromatic heterocycles. The minimum absolute atomic E-state index is 0.384. The molecule has 0 atom stereocenters. The summed E-state index contributed by atoms with van der Waals surface area (Å²) >= 11 is 0. The fourth-order valence-electron chi connectivity index (χ4n) is 3.21. The number of carbonyl (C=O) groups is 2. The Kier molecular flexibility index (Phi) is 3.92. The van der Waals surface area contributed by atoms with Gasteiger partial charge < -0.3 is 19.9 Å². The van der Waals surface area contributed by atoms with Crippen molar-refractivity contribution < 1.29 is 23.8 Å². The third kappa shape index (κ3) is 2.61. The first kappa shape index (κ1) is 14.7. The van der Waals surface area contributed by atoms with Gasteiger partial charge in [-0.2, -0.15) is 0 Å². The van der Waals surface area contributed by atoms with Gasteiger partial charge in [-0.15, -0.1) is 0 Å². The van der Waals surface area contributed by atoms with Gasteiger partial charge in [0.15, 0.2) is 18.1 Å². The van der Waals surface area contributed by atoms with Crippen LogP contribution in [-0.2, 0) is 19.7 Å². The zero-order valence-electron chi connectivity index (χ0n) is 12.3. The molecule has 0 radical (unpaired) electrons. The van der Waals surface area contributed by atoms with Gasteiger partial charge in [0.05, 0.1) is 5.41 Å². The quantitative estimate of drug-likeness (QED) is 0.847. The summed E-state index contributed by atoms with van der Waals surface area (Å²) in [5.41, 5.74) is 5.19. The number of esters is 1. The normalized spacial score (nSPS) is 18.7. The van der Waals surface area contributed by atoms with Crippen LogP contribution in [0.1, 0.15) is 31.2 Å². The molecule has 1 amide bonds. The lowest BCUT2D eigenvalue weighted by Crippen LogP contribution is -2.36. The number of carbonyl (C=O) groups excluding carboxylic acids is 2. The molecule has 1 heterocycles. The van der Waals surface area contributed by atoms with Crippen LogP contribution in [0.3, 0.4) is 0 Å². The average molecular weight is 305 g/mol. The number of fused-ring (bicyclic) bond motifs is 1. The van der Waals surface area contributed by atoms with E-state index >= 15 is 0 Å². The van der Waals surface area contributed by atoms with Crippen molar-refractivity contribution in [1.29, 1.82) is 0 Å². The van der Waals surface area contributed by atoms with E-state index in [2.05, 4.69) is 0 Å². The van der Waals surface area contributed by atoms with Crippen LogP contribution < -0.4 is 15.2 Å². The van der Waals surface area contributed by atoms with E-state index in [-0.39, 0.29) is 12.6 Å². The smallest absolute Gasteiger partial charge is 0.317 e. The van der Waals surface area contributed by atoms with Crippen LogP contribution in [0.2, 0.25) is 0 Å². The van der Waals surface area contributed by atoms with Crippen molar-refractivity contribution in [1.82, 2.24) is 0 Å². The number of primary amides is 1. The van der Waals surface area contributed by atoms with Gasteiger partial charge in [0.2, 0.25) is 0 Å². The van der Waals surface area contributed by atoms with E-state index in [0.717, 1.165) is 18.4 Å². The molecule has 1 aliphatic heterocycles. The third-order valence-electron chi connectivity index (χ3n) is 4.29. The monoisotopic (exact) mass is 305 g/mol. The summed E-state index contributed by atoms with van der Waals surface area (Å²) in [6.07, 6.45) is 3.29. The first-order valence-corrected chi connectivity index (χ1v) is 7.47. The van der Waals surface area contributed by atoms with Crippen molar-refractivity contribution in [3.05, 3.63) is 23.8 Å². The molecule has 0 saturated heterocycles. The molecule has 6 heteroatoms. The van der Waals surface area contributed by atoms with Crippen LogP contribution in [0, 0.1) is 0 Å². The van der Waals surface area contributed by atoms with Gasteiger partial charge in [0, 0.05) is 0 Å². The second-order valence-electron chi connectivity index (χ2n) is 5.69. The standard InChI is InChI=1S/C16H19NO5/c17-14(18)10-22-15(19)16(5-1-2-6-16)11-3-4-12-13(9-11)21-8-7-20-12/h3-4,9H,1-2,5-8,10H2,(H2,17,18). The van der Waals surface area contributed by atoms with Gasteiger partial charge in [0.25, 0.3) is 5.91 Å². The molecule has 1 saturated carbocycles. The summed E-state index contributed by atoms with van der Waals surface area (Å²) in [4.78, 5) is 23.4. The largest absolute Gasteiger partial charge is 0.486 e. The lowest BCUT2D eigenvalue weighted by atomic mass is 9.78. The summed E-state index contributed by atoms with van der Waals surface area (Å²) in [6, 6.07) is 5.56. The molecule has 1 fully saturated rings. The molecule has 0 spiro atoms. The minimum Gasteiger partial charge on any atom is -0.486 e. The predicted molar refractivity (Wildman–Crippen MR) is 77.7 cm³/mol. The van der Waals surface area contributed by atoms with Crippen LogP contribution in [0.4, 0.5) is 0 Å². The average Bonchev–Trinajstić information content (AvgIpc) is 3.03. The van der Waals surface area contributed by atoms with Gasteiger partial charge in [-0.05, 0) is 30.5 Å². The highest BCUT2D eigenvalue weighted by molar-refractivity contribution is 5.86. The maximum Gasteiger partial charge on any atom is 0.317 e.